The van der Waals surface area contributed by atoms with Gasteiger partial charge in [0.1, 0.15) is 0 Å². The molecule has 1 rings (SSSR count). The van der Waals surface area contributed by atoms with Crippen molar-refractivity contribution in [3.8, 4) is 0 Å². The van der Waals surface area contributed by atoms with E-state index in [1.165, 1.54) is 0 Å². The summed E-state index contributed by atoms with van der Waals surface area (Å²) >= 11 is 0. The quantitative estimate of drug-likeness (QED) is 0.803. The first-order valence-corrected chi connectivity index (χ1v) is 8.54. The van der Waals surface area contributed by atoms with Crippen molar-refractivity contribution < 1.29 is 13.0 Å². The van der Waals surface area contributed by atoms with E-state index in [9.17, 15) is 13.0 Å². The van der Waals surface area contributed by atoms with Crippen molar-refractivity contribution in [3.63, 3.8) is 0 Å². The predicted octanol–water partition coefficient (Wildman–Crippen LogP) is 3.46. The molecule has 0 aromatic carbocycles. The highest BCUT2D eigenvalue weighted by Gasteiger charge is 2.47. The summed E-state index contributed by atoms with van der Waals surface area (Å²) in [6.07, 6.45) is 0.908. The molecule has 108 valence electrons. The summed E-state index contributed by atoms with van der Waals surface area (Å²) in [5.74, 6) is 1.82. The molecule has 0 heterocycles. The van der Waals surface area contributed by atoms with Gasteiger partial charge in [-0.05, 0) is 41.9 Å². The van der Waals surface area contributed by atoms with E-state index in [0.29, 0.717) is 17.8 Å². The molecule has 0 aliphatic heterocycles. The molecular formula is C14H28O3S. The SMILES string of the molecule is CC(C)C1CC(C(C)C)C(S(=O)(=O)O)C(C)C1C. The molecule has 0 saturated heterocycles. The van der Waals surface area contributed by atoms with Crippen LogP contribution in [0, 0.1) is 35.5 Å². The van der Waals surface area contributed by atoms with Crippen molar-refractivity contribution in [2.24, 2.45) is 35.5 Å². The average Bonchev–Trinajstić information content (AvgIpc) is 2.18. The summed E-state index contributed by atoms with van der Waals surface area (Å²) in [5.41, 5.74) is 0. The highest BCUT2D eigenvalue weighted by atomic mass is 32.2. The van der Waals surface area contributed by atoms with Gasteiger partial charge in [0.05, 0.1) is 5.25 Å². The molecule has 5 unspecified atom stereocenters. The molecule has 0 bridgehead atoms. The summed E-state index contributed by atoms with van der Waals surface area (Å²) in [6.45, 7) is 12.6. The molecule has 1 aliphatic carbocycles. The van der Waals surface area contributed by atoms with Crippen molar-refractivity contribution in [2.75, 3.05) is 0 Å². The van der Waals surface area contributed by atoms with Crippen LogP contribution in [0.2, 0.25) is 0 Å². The van der Waals surface area contributed by atoms with E-state index in [0.717, 1.165) is 6.42 Å². The van der Waals surface area contributed by atoms with E-state index in [4.69, 9.17) is 0 Å². The normalized spacial score (nSPS) is 38.4. The van der Waals surface area contributed by atoms with Crippen LogP contribution in [0.4, 0.5) is 0 Å². The smallest absolute Gasteiger partial charge is 0.268 e. The molecule has 0 spiro atoms. The van der Waals surface area contributed by atoms with Crippen molar-refractivity contribution in [1.82, 2.24) is 0 Å². The molecule has 5 atom stereocenters. The van der Waals surface area contributed by atoms with Gasteiger partial charge in [0.25, 0.3) is 10.1 Å². The van der Waals surface area contributed by atoms with E-state index in [1.54, 1.807) is 0 Å². The topological polar surface area (TPSA) is 54.4 Å². The molecule has 0 amide bonds. The van der Waals surface area contributed by atoms with Gasteiger partial charge in [-0.3, -0.25) is 4.55 Å². The summed E-state index contributed by atoms with van der Waals surface area (Å²) in [6, 6.07) is 0. The minimum atomic E-state index is -3.95. The van der Waals surface area contributed by atoms with Crippen LogP contribution in [-0.2, 0) is 10.1 Å². The Kier molecular flexibility index (Phi) is 4.87. The van der Waals surface area contributed by atoms with Crippen molar-refractivity contribution in [3.05, 3.63) is 0 Å². The molecule has 1 aliphatic rings. The molecule has 0 aromatic rings. The van der Waals surface area contributed by atoms with E-state index >= 15 is 0 Å². The maximum absolute atomic E-state index is 11.7. The van der Waals surface area contributed by atoms with Crippen LogP contribution < -0.4 is 0 Å². The van der Waals surface area contributed by atoms with E-state index in [2.05, 4.69) is 34.6 Å². The fourth-order valence-corrected chi connectivity index (χ4v) is 5.42. The van der Waals surface area contributed by atoms with Gasteiger partial charge in [-0.2, -0.15) is 8.42 Å². The standard InChI is InChI=1S/C14H28O3S/c1-8(2)12-7-13(9(3)4)14(18(15,16)17)11(6)10(12)5/h8-14H,7H2,1-6H3,(H,15,16,17). The van der Waals surface area contributed by atoms with Crippen LogP contribution in [0.15, 0.2) is 0 Å². The number of rotatable bonds is 3. The molecule has 4 heteroatoms. The largest absolute Gasteiger partial charge is 0.285 e. The Morgan fingerprint density at radius 2 is 1.39 bits per heavy atom. The van der Waals surface area contributed by atoms with E-state index < -0.39 is 15.4 Å². The van der Waals surface area contributed by atoms with Crippen molar-refractivity contribution >= 4 is 10.1 Å². The van der Waals surface area contributed by atoms with Crippen LogP contribution in [-0.4, -0.2) is 18.2 Å². The zero-order valence-corrected chi connectivity index (χ0v) is 13.2. The summed E-state index contributed by atoms with van der Waals surface area (Å²) in [4.78, 5) is 0. The first-order valence-electron chi connectivity index (χ1n) is 7.03. The Hall–Kier alpha value is -0.0900. The van der Waals surface area contributed by atoms with Gasteiger partial charge in [-0.15, -0.1) is 0 Å². The van der Waals surface area contributed by atoms with Gasteiger partial charge < -0.3 is 0 Å². The minimum absolute atomic E-state index is 0.0218. The van der Waals surface area contributed by atoms with Crippen molar-refractivity contribution in [1.29, 1.82) is 0 Å². The third-order valence-electron chi connectivity index (χ3n) is 5.05. The zero-order chi connectivity index (χ0) is 14.2. The monoisotopic (exact) mass is 276 g/mol. The fourth-order valence-electron chi connectivity index (χ4n) is 3.77. The van der Waals surface area contributed by atoms with E-state index in [-0.39, 0.29) is 17.8 Å². The van der Waals surface area contributed by atoms with Crippen LogP contribution in [0.3, 0.4) is 0 Å². The van der Waals surface area contributed by atoms with Crippen LogP contribution in [0.5, 0.6) is 0 Å². The van der Waals surface area contributed by atoms with Crippen molar-refractivity contribution in [2.45, 2.75) is 53.2 Å². The van der Waals surface area contributed by atoms with Crippen LogP contribution in [0.1, 0.15) is 48.0 Å². The lowest BCUT2D eigenvalue weighted by Crippen LogP contribution is -2.48. The number of hydrogen-bond donors (Lipinski definition) is 1. The Bertz CT molecular complexity index is 373. The number of hydrogen-bond acceptors (Lipinski definition) is 2. The van der Waals surface area contributed by atoms with Gasteiger partial charge in [-0.25, -0.2) is 0 Å². The van der Waals surface area contributed by atoms with E-state index in [1.807, 2.05) is 6.92 Å². The maximum atomic E-state index is 11.7. The highest BCUT2D eigenvalue weighted by Crippen LogP contribution is 2.46. The second kappa shape index (κ2) is 5.49. The Morgan fingerprint density at radius 3 is 1.72 bits per heavy atom. The molecule has 0 radical (unpaired) electrons. The lowest BCUT2D eigenvalue weighted by molar-refractivity contribution is 0.0747. The second-order valence-corrected chi connectivity index (χ2v) is 8.32. The third kappa shape index (κ3) is 3.08. The lowest BCUT2D eigenvalue weighted by atomic mass is 9.63. The highest BCUT2D eigenvalue weighted by molar-refractivity contribution is 7.86. The summed E-state index contributed by atoms with van der Waals surface area (Å²) in [5, 5.41) is -0.595. The van der Waals surface area contributed by atoms with Gasteiger partial charge in [0.15, 0.2) is 0 Å². The van der Waals surface area contributed by atoms with Crippen LogP contribution >= 0.6 is 0 Å². The maximum Gasteiger partial charge on any atom is 0.268 e. The molecule has 1 fully saturated rings. The molecule has 18 heavy (non-hydrogen) atoms. The molecule has 1 N–H and O–H groups in total. The summed E-state index contributed by atoms with van der Waals surface area (Å²) < 4.78 is 32.9. The zero-order valence-electron chi connectivity index (χ0n) is 12.4. The minimum Gasteiger partial charge on any atom is -0.285 e. The van der Waals surface area contributed by atoms with Gasteiger partial charge >= 0.3 is 0 Å². The molecule has 0 aromatic heterocycles. The second-order valence-electron chi connectivity index (χ2n) is 6.75. The fraction of sp³-hybridized carbons (Fsp3) is 1.00. The molecule has 1 saturated carbocycles. The first-order chi connectivity index (χ1) is 8.07. The van der Waals surface area contributed by atoms with Crippen LogP contribution in [0.25, 0.3) is 0 Å². The van der Waals surface area contributed by atoms with Gasteiger partial charge in [0.2, 0.25) is 0 Å². The molecular weight excluding hydrogens is 248 g/mol. The lowest BCUT2D eigenvalue weighted by Gasteiger charge is -2.46. The first kappa shape index (κ1) is 16.0. The Labute approximate surface area is 112 Å². The average molecular weight is 276 g/mol. The summed E-state index contributed by atoms with van der Waals surface area (Å²) in [7, 11) is -3.95. The Balaban J connectivity index is 3.12. The molecule has 3 nitrogen and oxygen atoms in total. The third-order valence-corrected chi connectivity index (χ3v) is 6.51. The predicted molar refractivity (Wildman–Crippen MR) is 74.9 cm³/mol. The van der Waals surface area contributed by atoms with Gasteiger partial charge in [0, 0.05) is 0 Å². The Morgan fingerprint density at radius 1 is 0.944 bits per heavy atom. The van der Waals surface area contributed by atoms with Gasteiger partial charge in [-0.1, -0.05) is 41.5 Å².